The predicted molar refractivity (Wildman–Crippen MR) is 94.0 cm³/mol. The molecule has 1 aliphatic heterocycles. The van der Waals surface area contributed by atoms with Gasteiger partial charge in [0.1, 0.15) is 11.8 Å². The van der Waals surface area contributed by atoms with Crippen LogP contribution in [0.2, 0.25) is 0 Å². The lowest BCUT2D eigenvalue weighted by Crippen LogP contribution is -2.46. The van der Waals surface area contributed by atoms with Gasteiger partial charge in [0.25, 0.3) is 5.91 Å². The normalized spacial score (nSPS) is 23.9. The van der Waals surface area contributed by atoms with Crippen LogP contribution in [-0.2, 0) is 4.79 Å². The fraction of sp³-hybridized carbons (Fsp3) is 0.300. The summed E-state index contributed by atoms with van der Waals surface area (Å²) in [6.07, 6.45) is 0.995. The molecule has 0 aromatic heterocycles. The van der Waals surface area contributed by atoms with Gasteiger partial charge in [-0.05, 0) is 47.6 Å². The monoisotopic (exact) mass is 336 g/mol. The average molecular weight is 336 g/mol. The second-order valence-corrected chi connectivity index (χ2v) is 6.74. The van der Waals surface area contributed by atoms with E-state index in [0.717, 1.165) is 23.3 Å². The van der Waals surface area contributed by atoms with Gasteiger partial charge < -0.3 is 15.4 Å². The third kappa shape index (κ3) is 2.65. The number of hydrogen-bond donors (Lipinski definition) is 1. The molecule has 2 amide bonds. The van der Waals surface area contributed by atoms with Gasteiger partial charge in [-0.1, -0.05) is 30.3 Å². The van der Waals surface area contributed by atoms with E-state index in [0.29, 0.717) is 18.0 Å². The largest absolute Gasteiger partial charge is 0.497 e. The summed E-state index contributed by atoms with van der Waals surface area (Å²) in [5.41, 5.74) is 7.88. The molecule has 1 heterocycles. The van der Waals surface area contributed by atoms with E-state index in [1.165, 1.54) is 0 Å². The number of hydrogen-bond acceptors (Lipinski definition) is 3. The molecule has 1 aliphatic carbocycles. The molecule has 128 valence electrons. The van der Waals surface area contributed by atoms with Crippen molar-refractivity contribution in [3.63, 3.8) is 0 Å². The van der Waals surface area contributed by atoms with Crippen molar-refractivity contribution in [2.45, 2.75) is 12.5 Å². The van der Waals surface area contributed by atoms with Crippen LogP contribution in [0.4, 0.5) is 0 Å². The van der Waals surface area contributed by atoms with Crippen molar-refractivity contribution >= 4 is 11.8 Å². The Morgan fingerprint density at radius 2 is 1.96 bits per heavy atom. The molecule has 0 unspecified atom stereocenters. The van der Waals surface area contributed by atoms with Gasteiger partial charge in [0.05, 0.1) is 7.11 Å². The number of amides is 2. The summed E-state index contributed by atoms with van der Waals surface area (Å²) in [6.45, 7) is 0.615. The molecular weight excluding hydrogens is 316 g/mol. The number of carbonyl (C=O) groups is 2. The highest BCUT2D eigenvalue weighted by atomic mass is 16.5. The van der Waals surface area contributed by atoms with Gasteiger partial charge in [-0.25, -0.2) is 0 Å². The predicted octanol–water partition coefficient (Wildman–Crippen LogP) is 2.31. The summed E-state index contributed by atoms with van der Waals surface area (Å²) in [5, 5.41) is 0. The van der Waals surface area contributed by atoms with Crippen molar-refractivity contribution in [2.75, 3.05) is 13.7 Å². The highest BCUT2D eigenvalue weighted by Gasteiger charge is 2.56. The second kappa shape index (κ2) is 5.92. The number of fused-ring (bicyclic) bond motifs is 1. The molecule has 5 heteroatoms. The topological polar surface area (TPSA) is 72.6 Å². The second-order valence-electron chi connectivity index (χ2n) is 6.74. The summed E-state index contributed by atoms with van der Waals surface area (Å²) in [4.78, 5) is 26.7. The first kappa shape index (κ1) is 15.7. The molecule has 0 radical (unpaired) electrons. The van der Waals surface area contributed by atoms with Crippen LogP contribution < -0.4 is 10.5 Å². The Hall–Kier alpha value is -2.82. The van der Waals surface area contributed by atoms with Crippen molar-refractivity contribution in [2.24, 2.45) is 17.6 Å². The first-order chi connectivity index (χ1) is 12.1. The van der Waals surface area contributed by atoms with Crippen LogP contribution in [0.15, 0.2) is 48.5 Å². The van der Waals surface area contributed by atoms with Crippen molar-refractivity contribution in [1.82, 2.24) is 4.90 Å². The van der Waals surface area contributed by atoms with Crippen LogP contribution in [0, 0.1) is 11.8 Å². The minimum Gasteiger partial charge on any atom is -0.497 e. The molecule has 0 bridgehead atoms. The number of nitrogens with two attached hydrogens (primary N) is 1. The van der Waals surface area contributed by atoms with E-state index in [1.807, 2.05) is 42.5 Å². The molecular formula is C20H20N2O3. The number of rotatable bonds is 4. The van der Waals surface area contributed by atoms with Crippen LogP contribution in [0.25, 0.3) is 11.1 Å². The molecule has 2 aromatic carbocycles. The Morgan fingerprint density at radius 3 is 2.72 bits per heavy atom. The third-order valence-corrected chi connectivity index (χ3v) is 5.24. The molecule has 2 aliphatic rings. The zero-order valence-electron chi connectivity index (χ0n) is 14.0. The van der Waals surface area contributed by atoms with Crippen LogP contribution in [0.5, 0.6) is 5.75 Å². The van der Waals surface area contributed by atoms with E-state index < -0.39 is 11.9 Å². The van der Waals surface area contributed by atoms with E-state index in [4.69, 9.17) is 10.5 Å². The van der Waals surface area contributed by atoms with E-state index in [9.17, 15) is 9.59 Å². The average Bonchev–Trinajstić information content (AvgIpc) is 3.30. The lowest BCUT2D eigenvalue weighted by Gasteiger charge is -2.26. The summed E-state index contributed by atoms with van der Waals surface area (Å²) >= 11 is 0. The van der Waals surface area contributed by atoms with Crippen LogP contribution in [0.1, 0.15) is 16.8 Å². The Bertz CT molecular complexity index is 848. The Morgan fingerprint density at radius 1 is 1.16 bits per heavy atom. The van der Waals surface area contributed by atoms with Gasteiger partial charge >= 0.3 is 0 Å². The lowest BCUT2D eigenvalue weighted by atomic mass is 9.98. The number of piperidine rings is 1. The SMILES string of the molecule is COc1cccc(-c2ccccc2C(=O)N2C[C@H]3C[C@H]3[C@H]2C(N)=O)c1. The maximum Gasteiger partial charge on any atom is 0.255 e. The smallest absolute Gasteiger partial charge is 0.255 e. The van der Waals surface area contributed by atoms with Crippen molar-refractivity contribution < 1.29 is 14.3 Å². The maximum atomic E-state index is 13.2. The minimum absolute atomic E-state index is 0.130. The number of likely N-dealkylation sites (tertiary alicyclic amines) is 1. The molecule has 3 atom stereocenters. The van der Waals surface area contributed by atoms with E-state index in [1.54, 1.807) is 18.1 Å². The summed E-state index contributed by atoms with van der Waals surface area (Å²) in [6, 6.07) is 14.6. The fourth-order valence-corrected chi connectivity index (χ4v) is 3.91. The first-order valence-electron chi connectivity index (χ1n) is 8.44. The van der Waals surface area contributed by atoms with Crippen LogP contribution in [-0.4, -0.2) is 36.4 Å². The number of ether oxygens (including phenoxy) is 1. The molecule has 2 fully saturated rings. The van der Waals surface area contributed by atoms with Crippen molar-refractivity contribution in [1.29, 1.82) is 0 Å². The summed E-state index contributed by atoms with van der Waals surface area (Å²) in [7, 11) is 1.62. The molecule has 1 saturated carbocycles. The number of carbonyl (C=O) groups excluding carboxylic acids is 2. The molecule has 5 nitrogen and oxygen atoms in total. The van der Waals surface area contributed by atoms with Gasteiger partial charge in [0.2, 0.25) is 5.91 Å². The number of methoxy groups -OCH3 is 1. The zero-order valence-corrected chi connectivity index (χ0v) is 14.0. The van der Waals surface area contributed by atoms with Gasteiger partial charge in [-0.15, -0.1) is 0 Å². The van der Waals surface area contributed by atoms with Gasteiger partial charge in [0.15, 0.2) is 0 Å². The van der Waals surface area contributed by atoms with Gasteiger partial charge in [-0.2, -0.15) is 0 Å². The standard InChI is InChI=1S/C20H20N2O3/c1-25-14-6-4-5-12(9-14)15-7-2-3-8-16(15)20(24)22-11-13-10-17(13)18(22)19(21)23/h2-9,13,17-18H,10-11H2,1H3,(H2,21,23)/t13-,17-,18+/m1/s1. The Kier molecular flexibility index (Phi) is 3.71. The van der Waals surface area contributed by atoms with Gasteiger partial charge in [-0.3, -0.25) is 9.59 Å². The third-order valence-electron chi connectivity index (χ3n) is 5.24. The number of benzene rings is 2. The lowest BCUT2D eigenvalue weighted by molar-refractivity contribution is -0.122. The minimum atomic E-state index is -0.476. The number of nitrogens with zero attached hydrogens (tertiary/aromatic N) is 1. The van der Waals surface area contributed by atoms with E-state index in [-0.39, 0.29) is 11.8 Å². The van der Waals surface area contributed by atoms with Crippen molar-refractivity contribution in [3.05, 3.63) is 54.1 Å². The number of primary amides is 1. The first-order valence-corrected chi connectivity index (χ1v) is 8.44. The van der Waals surface area contributed by atoms with E-state index in [2.05, 4.69) is 0 Å². The van der Waals surface area contributed by atoms with Crippen LogP contribution >= 0.6 is 0 Å². The van der Waals surface area contributed by atoms with Gasteiger partial charge in [0, 0.05) is 12.1 Å². The molecule has 4 rings (SSSR count). The molecule has 2 aromatic rings. The Labute approximate surface area is 146 Å². The highest BCUT2D eigenvalue weighted by Crippen LogP contribution is 2.50. The Balaban J connectivity index is 1.71. The fourth-order valence-electron chi connectivity index (χ4n) is 3.91. The molecule has 2 N–H and O–H groups in total. The quantitative estimate of drug-likeness (QED) is 0.931. The van der Waals surface area contributed by atoms with Crippen molar-refractivity contribution in [3.8, 4) is 16.9 Å². The molecule has 0 spiro atoms. The highest BCUT2D eigenvalue weighted by molar-refractivity contribution is 6.03. The summed E-state index contributed by atoms with van der Waals surface area (Å²) in [5.74, 6) is 0.861. The summed E-state index contributed by atoms with van der Waals surface area (Å²) < 4.78 is 5.29. The molecule has 25 heavy (non-hydrogen) atoms. The zero-order chi connectivity index (χ0) is 17.6. The molecule has 1 saturated heterocycles. The van der Waals surface area contributed by atoms with E-state index >= 15 is 0 Å². The maximum absolute atomic E-state index is 13.2. The van der Waals surface area contributed by atoms with Crippen LogP contribution in [0.3, 0.4) is 0 Å².